The minimum Gasteiger partial charge on any atom is -0.389 e. The zero-order valence-corrected chi connectivity index (χ0v) is 18.3. The fourth-order valence-electron chi connectivity index (χ4n) is 3.16. The summed E-state index contributed by atoms with van der Waals surface area (Å²) in [5.41, 5.74) is 0.901. The van der Waals surface area contributed by atoms with Crippen molar-refractivity contribution in [1.82, 2.24) is 9.62 Å². The van der Waals surface area contributed by atoms with Crippen molar-refractivity contribution in [3.05, 3.63) is 29.8 Å². The summed E-state index contributed by atoms with van der Waals surface area (Å²) in [5, 5.41) is 12.5. The van der Waals surface area contributed by atoms with Crippen LogP contribution in [0.15, 0.2) is 29.2 Å². The summed E-state index contributed by atoms with van der Waals surface area (Å²) in [6.07, 6.45) is 2.95. The van der Waals surface area contributed by atoms with E-state index in [9.17, 15) is 18.3 Å². The van der Waals surface area contributed by atoms with E-state index in [-0.39, 0.29) is 25.5 Å². The Morgan fingerprint density at radius 3 is 2.41 bits per heavy atom. The molecule has 0 saturated carbocycles. The van der Waals surface area contributed by atoms with Gasteiger partial charge in [-0.25, -0.2) is 8.42 Å². The van der Waals surface area contributed by atoms with Crippen molar-refractivity contribution in [3.63, 3.8) is 0 Å². The zero-order valence-electron chi connectivity index (χ0n) is 17.5. The molecule has 1 atom stereocenters. The highest BCUT2D eigenvalue weighted by Crippen LogP contribution is 2.21. The molecule has 7 nitrogen and oxygen atoms in total. The average Bonchev–Trinajstić information content (AvgIpc) is 2.71. The summed E-state index contributed by atoms with van der Waals surface area (Å²) in [5.74, 6) is 0.246. The van der Waals surface area contributed by atoms with Gasteiger partial charge in [0, 0.05) is 32.7 Å². The fraction of sp³-hybridized carbons (Fsp3) is 0.667. The standard InChI is InChI=1S/C21H34N2O5S/c1-17(2)15-28-16-19(24)14-22-21(25)11-8-18-6-9-20(10-7-18)29(26,27)23-12-4-3-5-13-23/h6-7,9-10,17,19,24H,3-5,8,11-16H2,1-2H3,(H,22,25). The molecule has 29 heavy (non-hydrogen) atoms. The van der Waals surface area contributed by atoms with Crippen LogP contribution >= 0.6 is 0 Å². The van der Waals surface area contributed by atoms with Crippen LogP contribution in [-0.2, 0) is 26.0 Å². The summed E-state index contributed by atoms with van der Waals surface area (Å²) >= 11 is 0. The van der Waals surface area contributed by atoms with E-state index in [1.54, 1.807) is 28.6 Å². The monoisotopic (exact) mass is 426 g/mol. The van der Waals surface area contributed by atoms with E-state index in [0.717, 1.165) is 24.8 Å². The minimum atomic E-state index is -3.43. The van der Waals surface area contributed by atoms with E-state index in [2.05, 4.69) is 5.32 Å². The number of aliphatic hydroxyl groups is 1. The number of hydrogen-bond donors (Lipinski definition) is 2. The lowest BCUT2D eigenvalue weighted by atomic mass is 10.1. The third-order valence-corrected chi connectivity index (χ3v) is 6.73. The lowest BCUT2D eigenvalue weighted by molar-refractivity contribution is -0.121. The number of piperidine rings is 1. The second-order valence-corrected chi connectivity index (χ2v) is 9.94. The molecule has 1 aliphatic heterocycles. The van der Waals surface area contributed by atoms with E-state index in [0.29, 0.717) is 36.9 Å². The average molecular weight is 427 g/mol. The minimum absolute atomic E-state index is 0.155. The first-order valence-electron chi connectivity index (χ1n) is 10.4. The van der Waals surface area contributed by atoms with Crippen LogP contribution in [-0.4, -0.2) is 62.7 Å². The lowest BCUT2D eigenvalue weighted by Crippen LogP contribution is -2.35. The Morgan fingerprint density at radius 1 is 1.14 bits per heavy atom. The fourth-order valence-corrected chi connectivity index (χ4v) is 4.68. The predicted molar refractivity (Wildman–Crippen MR) is 112 cm³/mol. The number of aliphatic hydroxyl groups excluding tert-OH is 1. The number of ether oxygens (including phenoxy) is 1. The maximum absolute atomic E-state index is 12.7. The highest BCUT2D eigenvalue weighted by molar-refractivity contribution is 7.89. The van der Waals surface area contributed by atoms with Crippen molar-refractivity contribution in [1.29, 1.82) is 0 Å². The molecule has 8 heteroatoms. The Balaban J connectivity index is 1.74. The summed E-state index contributed by atoms with van der Waals surface area (Å²) in [6, 6.07) is 6.76. The van der Waals surface area contributed by atoms with Crippen molar-refractivity contribution in [3.8, 4) is 0 Å². The second kappa shape index (κ2) is 11.6. The molecule has 1 saturated heterocycles. The van der Waals surface area contributed by atoms with Gasteiger partial charge in [0.25, 0.3) is 0 Å². The van der Waals surface area contributed by atoms with E-state index in [4.69, 9.17) is 4.74 Å². The highest BCUT2D eigenvalue weighted by atomic mass is 32.2. The Hall–Kier alpha value is -1.48. The van der Waals surface area contributed by atoms with Gasteiger partial charge in [-0.05, 0) is 42.9 Å². The molecule has 1 fully saturated rings. The molecule has 1 aromatic rings. The topological polar surface area (TPSA) is 95.9 Å². The number of benzene rings is 1. The van der Waals surface area contributed by atoms with Gasteiger partial charge < -0.3 is 15.2 Å². The molecule has 1 heterocycles. The molecule has 1 aliphatic rings. The van der Waals surface area contributed by atoms with Crippen LogP contribution in [0.2, 0.25) is 0 Å². The lowest BCUT2D eigenvalue weighted by Gasteiger charge is -2.25. The number of carbonyl (C=O) groups is 1. The van der Waals surface area contributed by atoms with Crippen LogP contribution in [0, 0.1) is 5.92 Å². The van der Waals surface area contributed by atoms with E-state index in [1.165, 1.54) is 0 Å². The Morgan fingerprint density at radius 2 is 1.79 bits per heavy atom. The Bertz CT molecular complexity index is 728. The smallest absolute Gasteiger partial charge is 0.243 e. The number of rotatable bonds is 11. The summed E-state index contributed by atoms with van der Waals surface area (Å²) in [4.78, 5) is 12.3. The van der Waals surface area contributed by atoms with Gasteiger partial charge in [-0.1, -0.05) is 32.4 Å². The van der Waals surface area contributed by atoms with Crippen LogP contribution in [0.1, 0.15) is 45.1 Å². The normalized spacial score (nSPS) is 16.7. The van der Waals surface area contributed by atoms with Crippen LogP contribution < -0.4 is 5.32 Å². The van der Waals surface area contributed by atoms with Crippen molar-refractivity contribution in [2.24, 2.45) is 5.92 Å². The molecule has 1 unspecified atom stereocenters. The van der Waals surface area contributed by atoms with Crippen LogP contribution in [0.25, 0.3) is 0 Å². The molecule has 0 radical (unpaired) electrons. The summed E-state index contributed by atoms with van der Waals surface area (Å²) in [7, 11) is -3.43. The predicted octanol–water partition coefficient (Wildman–Crippen LogP) is 1.94. The first kappa shape index (κ1) is 23.8. The molecule has 1 aromatic carbocycles. The number of aryl methyl sites for hydroxylation is 1. The van der Waals surface area contributed by atoms with E-state index >= 15 is 0 Å². The largest absolute Gasteiger partial charge is 0.389 e. The maximum Gasteiger partial charge on any atom is 0.243 e. The molecular formula is C21H34N2O5S. The quantitative estimate of drug-likeness (QED) is 0.564. The molecular weight excluding hydrogens is 392 g/mol. The second-order valence-electron chi connectivity index (χ2n) is 8.00. The van der Waals surface area contributed by atoms with E-state index in [1.807, 2.05) is 13.8 Å². The first-order chi connectivity index (χ1) is 13.8. The molecule has 1 amide bonds. The number of amides is 1. The number of carbonyl (C=O) groups excluding carboxylic acids is 1. The maximum atomic E-state index is 12.7. The molecule has 2 N–H and O–H groups in total. The molecule has 2 rings (SSSR count). The molecule has 164 valence electrons. The third-order valence-electron chi connectivity index (χ3n) is 4.81. The van der Waals surface area contributed by atoms with Gasteiger partial charge in [0.2, 0.25) is 15.9 Å². The van der Waals surface area contributed by atoms with Crippen molar-refractivity contribution < 1.29 is 23.1 Å². The number of hydrogen-bond acceptors (Lipinski definition) is 5. The SMILES string of the molecule is CC(C)COCC(O)CNC(=O)CCc1ccc(S(=O)(=O)N2CCCCC2)cc1. The molecule has 0 aromatic heterocycles. The van der Waals surface area contributed by atoms with Crippen LogP contribution in [0.4, 0.5) is 0 Å². The summed E-state index contributed by atoms with van der Waals surface area (Å²) in [6.45, 7) is 6.16. The Labute approximate surface area is 174 Å². The molecule has 0 spiro atoms. The zero-order chi connectivity index (χ0) is 21.3. The molecule has 0 bridgehead atoms. The van der Waals surface area contributed by atoms with Gasteiger partial charge >= 0.3 is 0 Å². The van der Waals surface area contributed by atoms with Gasteiger partial charge in [0.15, 0.2) is 0 Å². The van der Waals surface area contributed by atoms with Gasteiger partial charge in [-0.15, -0.1) is 0 Å². The van der Waals surface area contributed by atoms with Gasteiger partial charge in [-0.2, -0.15) is 4.31 Å². The number of sulfonamides is 1. The van der Waals surface area contributed by atoms with Crippen molar-refractivity contribution in [2.75, 3.05) is 32.8 Å². The highest BCUT2D eigenvalue weighted by Gasteiger charge is 2.25. The Kier molecular flexibility index (Phi) is 9.55. The van der Waals surface area contributed by atoms with Crippen molar-refractivity contribution >= 4 is 15.9 Å². The van der Waals surface area contributed by atoms with Crippen LogP contribution in [0.5, 0.6) is 0 Å². The number of nitrogens with one attached hydrogen (secondary N) is 1. The van der Waals surface area contributed by atoms with Crippen molar-refractivity contribution in [2.45, 2.75) is 57.0 Å². The summed E-state index contributed by atoms with van der Waals surface area (Å²) < 4.78 is 32.2. The molecule has 0 aliphatic carbocycles. The van der Waals surface area contributed by atoms with Gasteiger partial charge in [0.1, 0.15) is 0 Å². The first-order valence-corrected chi connectivity index (χ1v) is 11.8. The van der Waals surface area contributed by atoms with E-state index < -0.39 is 16.1 Å². The third kappa shape index (κ3) is 8.04. The van der Waals surface area contributed by atoms with Crippen LogP contribution in [0.3, 0.4) is 0 Å². The van der Waals surface area contributed by atoms with Gasteiger partial charge in [0.05, 0.1) is 17.6 Å². The number of nitrogens with zero attached hydrogens (tertiary/aromatic N) is 1. The van der Waals surface area contributed by atoms with Gasteiger partial charge in [-0.3, -0.25) is 4.79 Å².